The van der Waals surface area contributed by atoms with Crippen LogP contribution < -0.4 is 0 Å². The molecule has 0 aliphatic carbocycles. The Hall–Kier alpha value is -1.94. The van der Waals surface area contributed by atoms with Gasteiger partial charge in [0.1, 0.15) is 19.3 Å². The van der Waals surface area contributed by atoms with Crippen LogP contribution in [0.4, 0.5) is 0 Å². The number of carbonyl (C=O) groups is 4. The van der Waals surface area contributed by atoms with Gasteiger partial charge in [0.15, 0.2) is 12.2 Å². The summed E-state index contributed by atoms with van der Waals surface area (Å²) >= 11 is 0. The van der Waals surface area contributed by atoms with Crippen molar-refractivity contribution < 1.29 is 80.2 Å². The van der Waals surface area contributed by atoms with E-state index in [1.807, 2.05) is 0 Å². The second-order valence-corrected chi connectivity index (χ2v) is 26.9. The van der Waals surface area contributed by atoms with Crippen molar-refractivity contribution in [3.63, 3.8) is 0 Å². The molecule has 3 N–H and O–H groups in total. The highest BCUT2D eigenvalue weighted by Crippen LogP contribution is 2.45. The minimum absolute atomic E-state index is 0.102. The monoisotopic (exact) mass is 1210 g/mol. The van der Waals surface area contributed by atoms with E-state index in [4.69, 9.17) is 37.0 Å². The average Bonchev–Trinajstić information content (AvgIpc) is 3.45. The number of aliphatic hydroxyl groups excluding tert-OH is 1. The summed E-state index contributed by atoms with van der Waals surface area (Å²) < 4.78 is 67.9. The number of esters is 4. The first-order valence-corrected chi connectivity index (χ1v) is 35.9. The number of unbranched alkanes of at least 4 members (excludes halogenated alkanes) is 28. The highest BCUT2D eigenvalue weighted by Gasteiger charge is 2.30. The summed E-state index contributed by atoms with van der Waals surface area (Å²) in [4.78, 5) is 72.1. The fraction of sp³-hybridized carbons (Fsp3) is 0.937. The van der Waals surface area contributed by atoms with Crippen molar-refractivity contribution in [3.05, 3.63) is 0 Å². The third-order valence-corrected chi connectivity index (χ3v) is 16.6. The Labute approximate surface area is 498 Å². The van der Waals surface area contributed by atoms with E-state index in [1.54, 1.807) is 0 Å². The summed E-state index contributed by atoms with van der Waals surface area (Å²) in [5, 5.41) is 10.5. The van der Waals surface area contributed by atoms with Crippen LogP contribution in [0.5, 0.6) is 0 Å². The minimum atomic E-state index is -4.94. The fourth-order valence-corrected chi connectivity index (χ4v) is 10.9. The van der Waals surface area contributed by atoms with Gasteiger partial charge in [0.2, 0.25) is 0 Å². The molecular formula is C63H122O17P2. The zero-order valence-electron chi connectivity index (χ0n) is 52.9. The van der Waals surface area contributed by atoms with E-state index in [0.717, 1.165) is 120 Å². The van der Waals surface area contributed by atoms with Gasteiger partial charge >= 0.3 is 39.5 Å². The second-order valence-electron chi connectivity index (χ2n) is 24.0. The molecule has 82 heavy (non-hydrogen) atoms. The Kier molecular flexibility index (Phi) is 53.2. The van der Waals surface area contributed by atoms with Crippen molar-refractivity contribution >= 4 is 39.5 Å². The van der Waals surface area contributed by atoms with Crippen LogP contribution in [0.25, 0.3) is 0 Å². The van der Waals surface area contributed by atoms with E-state index in [0.29, 0.717) is 25.7 Å². The molecule has 17 nitrogen and oxygen atoms in total. The SMILES string of the molecule is CCCCCCCCCC(=O)OC[C@H](COP(=O)(O)OC[C@H](O)COP(=O)(O)OC[C@@H](COC(=O)CCCCCCCCCCC(C)C)OC(=O)CCCCCCCCCCCCCC(C)C)OC(=O)CCCCCCCCC(C)CC. The summed E-state index contributed by atoms with van der Waals surface area (Å²) in [6.07, 6.45) is 35.0. The molecule has 0 saturated heterocycles. The predicted octanol–water partition coefficient (Wildman–Crippen LogP) is 17.1. The Morgan fingerprint density at radius 3 is 0.927 bits per heavy atom. The summed E-state index contributed by atoms with van der Waals surface area (Å²) in [5.41, 5.74) is 0. The average molecular weight is 1210 g/mol. The van der Waals surface area contributed by atoms with Gasteiger partial charge in [0, 0.05) is 25.7 Å². The lowest BCUT2D eigenvalue weighted by molar-refractivity contribution is -0.161. The molecule has 0 radical (unpaired) electrons. The van der Waals surface area contributed by atoms with E-state index < -0.39 is 97.5 Å². The number of aliphatic hydroxyl groups is 1. The molecule has 3 unspecified atom stereocenters. The van der Waals surface area contributed by atoms with Crippen LogP contribution in [0.15, 0.2) is 0 Å². The molecule has 6 atom stereocenters. The van der Waals surface area contributed by atoms with E-state index in [9.17, 15) is 43.2 Å². The van der Waals surface area contributed by atoms with Crippen molar-refractivity contribution in [1.29, 1.82) is 0 Å². The molecule has 0 rings (SSSR count). The van der Waals surface area contributed by atoms with E-state index in [-0.39, 0.29) is 25.7 Å². The number of phosphoric ester groups is 2. The summed E-state index contributed by atoms with van der Waals surface area (Å²) in [5.74, 6) is 0.0683. The number of carbonyl (C=O) groups excluding carboxylic acids is 4. The molecule has 0 aliphatic heterocycles. The Bertz CT molecular complexity index is 1630. The zero-order chi connectivity index (χ0) is 61.0. The molecule has 0 aromatic heterocycles. The quantitative estimate of drug-likeness (QED) is 0.0222. The maximum atomic E-state index is 13.0. The van der Waals surface area contributed by atoms with Crippen molar-refractivity contribution in [3.8, 4) is 0 Å². The van der Waals surface area contributed by atoms with Crippen LogP contribution >= 0.6 is 15.6 Å². The van der Waals surface area contributed by atoms with E-state index in [2.05, 4.69) is 48.5 Å². The van der Waals surface area contributed by atoms with Crippen LogP contribution in [-0.2, 0) is 65.4 Å². The molecule has 0 fully saturated rings. The van der Waals surface area contributed by atoms with Crippen LogP contribution in [0, 0.1) is 17.8 Å². The van der Waals surface area contributed by atoms with Gasteiger partial charge in [-0.05, 0) is 43.4 Å². The lowest BCUT2D eigenvalue weighted by Gasteiger charge is -2.21. The largest absolute Gasteiger partial charge is 0.472 e. The fourth-order valence-electron chi connectivity index (χ4n) is 9.27. The van der Waals surface area contributed by atoms with Gasteiger partial charge < -0.3 is 33.8 Å². The van der Waals surface area contributed by atoms with Crippen LogP contribution in [0.3, 0.4) is 0 Å². The molecule has 0 bridgehead atoms. The van der Waals surface area contributed by atoms with Crippen LogP contribution in [0.2, 0.25) is 0 Å². The maximum absolute atomic E-state index is 13.0. The van der Waals surface area contributed by atoms with Gasteiger partial charge in [-0.25, -0.2) is 9.13 Å². The summed E-state index contributed by atoms with van der Waals surface area (Å²) in [7, 11) is -9.88. The van der Waals surface area contributed by atoms with Crippen molar-refractivity contribution in [2.45, 2.75) is 324 Å². The summed E-state index contributed by atoms with van der Waals surface area (Å²) in [6.45, 7) is 11.7. The van der Waals surface area contributed by atoms with Crippen molar-refractivity contribution in [2.75, 3.05) is 39.6 Å². The van der Waals surface area contributed by atoms with Crippen molar-refractivity contribution in [2.24, 2.45) is 17.8 Å². The Balaban J connectivity index is 5.23. The van der Waals surface area contributed by atoms with Gasteiger partial charge in [-0.2, -0.15) is 0 Å². The predicted molar refractivity (Wildman–Crippen MR) is 326 cm³/mol. The highest BCUT2D eigenvalue weighted by molar-refractivity contribution is 7.47. The lowest BCUT2D eigenvalue weighted by atomic mass is 10.00. The lowest BCUT2D eigenvalue weighted by Crippen LogP contribution is -2.30. The maximum Gasteiger partial charge on any atom is 0.472 e. The smallest absolute Gasteiger partial charge is 0.462 e. The standard InChI is InChI=1S/C63H122O17P2/c1-8-10-11-12-20-30-37-44-60(65)73-50-59(80-63(68)47-40-33-26-25-29-36-43-56(7)9-2)53-78-82(71,72)76-49-57(64)48-75-81(69,70)77-52-58(51-74-61(66)45-38-31-23-19-18-22-28-35-42-55(5)6)79-62(67)46-39-32-24-17-15-13-14-16-21-27-34-41-54(3)4/h54-59,64H,8-53H2,1-7H3,(H,69,70)(H,71,72)/t56?,57-,58-,59-/m1/s1. The number of hydrogen-bond acceptors (Lipinski definition) is 15. The Morgan fingerprint density at radius 2 is 0.622 bits per heavy atom. The first kappa shape index (κ1) is 80.1. The number of hydrogen-bond donors (Lipinski definition) is 3. The molecule has 0 heterocycles. The van der Waals surface area contributed by atoms with Gasteiger partial charge in [0.05, 0.1) is 26.4 Å². The molecule has 486 valence electrons. The molecule has 0 aliphatic rings. The molecule has 0 aromatic rings. The molecule has 0 amide bonds. The van der Waals surface area contributed by atoms with E-state index in [1.165, 1.54) is 103 Å². The molecule has 19 heteroatoms. The number of ether oxygens (including phenoxy) is 4. The van der Waals surface area contributed by atoms with Crippen LogP contribution in [0.1, 0.15) is 305 Å². The van der Waals surface area contributed by atoms with Crippen LogP contribution in [-0.4, -0.2) is 96.7 Å². The number of rotatable bonds is 61. The number of phosphoric acid groups is 2. The third kappa shape index (κ3) is 55.9. The molecule has 0 spiro atoms. The zero-order valence-corrected chi connectivity index (χ0v) is 54.7. The van der Waals surface area contributed by atoms with Gasteiger partial charge in [-0.15, -0.1) is 0 Å². The van der Waals surface area contributed by atoms with Gasteiger partial charge in [-0.3, -0.25) is 37.3 Å². The normalized spacial score (nSPS) is 14.7. The summed E-state index contributed by atoms with van der Waals surface area (Å²) in [6, 6.07) is 0. The molecule has 0 saturated carbocycles. The van der Waals surface area contributed by atoms with Gasteiger partial charge in [-0.1, -0.05) is 254 Å². The Morgan fingerprint density at radius 1 is 0.354 bits per heavy atom. The van der Waals surface area contributed by atoms with E-state index >= 15 is 0 Å². The molecule has 0 aromatic carbocycles. The topological polar surface area (TPSA) is 237 Å². The minimum Gasteiger partial charge on any atom is -0.462 e. The molecular weight excluding hydrogens is 1090 g/mol. The van der Waals surface area contributed by atoms with Gasteiger partial charge in [0.25, 0.3) is 0 Å². The highest BCUT2D eigenvalue weighted by atomic mass is 31.2. The van der Waals surface area contributed by atoms with Crippen molar-refractivity contribution in [1.82, 2.24) is 0 Å². The third-order valence-electron chi connectivity index (χ3n) is 14.7. The first-order valence-electron chi connectivity index (χ1n) is 32.9. The second kappa shape index (κ2) is 54.5. The first-order chi connectivity index (χ1) is 39.3.